The number of hydrogen-bond donors (Lipinski definition) is 0. The van der Waals surface area contributed by atoms with Crippen LogP contribution in [-0.4, -0.2) is 37.2 Å². The molecular weight excluding hydrogens is 624 g/mol. The second-order valence-corrected chi connectivity index (χ2v) is 15.2. The van der Waals surface area contributed by atoms with Gasteiger partial charge in [0.25, 0.3) is 0 Å². The molecule has 6 nitrogen and oxygen atoms in total. The lowest BCUT2D eigenvalue weighted by Gasteiger charge is -2.18. The molecule has 0 aliphatic heterocycles. The van der Waals surface area contributed by atoms with Crippen LogP contribution in [0.15, 0.2) is 0 Å². The Labute approximate surface area is 310 Å². The molecular formula is C44H84O6. The number of esters is 3. The van der Waals surface area contributed by atoms with E-state index in [1.165, 1.54) is 135 Å². The van der Waals surface area contributed by atoms with Crippen LogP contribution in [-0.2, 0) is 28.6 Å². The standard InChI is InChI=1S/C44H84O6/c1-5-8-10-12-14-16-18-23-27-31-35-42(45)48-38-41(50-44(47)37-33-29-25-19-17-15-13-11-9-6-2)39-49-43(46)36-32-28-24-21-20-22-26-30-34-40(4)7-3/h40-41H,5-39H2,1-4H3/t40?,41-/m0/s1. The molecule has 0 saturated heterocycles. The zero-order valence-corrected chi connectivity index (χ0v) is 33.9. The van der Waals surface area contributed by atoms with Gasteiger partial charge in [0.1, 0.15) is 13.2 Å². The van der Waals surface area contributed by atoms with Crippen molar-refractivity contribution in [2.45, 2.75) is 246 Å². The monoisotopic (exact) mass is 709 g/mol. The van der Waals surface area contributed by atoms with E-state index in [1.807, 2.05) is 0 Å². The summed E-state index contributed by atoms with van der Waals surface area (Å²) in [6, 6.07) is 0. The molecule has 0 aliphatic carbocycles. The summed E-state index contributed by atoms with van der Waals surface area (Å²) in [4.78, 5) is 37.6. The molecule has 1 unspecified atom stereocenters. The number of ether oxygens (including phenoxy) is 3. The van der Waals surface area contributed by atoms with Crippen LogP contribution in [0, 0.1) is 5.92 Å². The van der Waals surface area contributed by atoms with E-state index in [0.29, 0.717) is 19.3 Å². The van der Waals surface area contributed by atoms with E-state index in [2.05, 4.69) is 27.7 Å². The first-order chi connectivity index (χ1) is 24.4. The zero-order valence-electron chi connectivity index (χ0n) is 33.9. The third kappa shape index (κ3) is 36.2. The van der Waals surface area contributed by atoms with Crippen molar-refractivity contribution in [1.82, 2.24) is 0 Å². The van der Waals surface area contributed by atoms with Crippen LogP contribution in [0.4, 0.5) is 0 Å². The van der Waals surface area contributed by atoms with Gasteiger partial charge < -0.3 is 14.2 Å². The predicted octanol–water partition coefficient (Wildman–Crippen LogP) is 13.6. The van der Waals surface area contributed by atoms with Crippen LogP contribution in [0.5, 0.6) is 0 Å². The average Bonchev–Trinajstić information content (AvgIpc) is 3.11. The van der Waals surface area contributed by atoms with Crippen molar-refractivity contribution in [3.8, 4) is 0 Å². The molecule has 296 valence electrons. The molecule has 0 aromatic rings. The van der Waals surface area contributed by atoms with Crippen molar-refractivity contribution in [1.29, 1.82) is 0 Å². The molecule has 0 aromatic heterocycles. The number of hydrogen-bond acceptors (Lipinski definition) is 6. The first kappa shape index (κ1) is 48.4. The molecule has 2 atom stereocenters. The van der Waals surface area contributed by atoms with E-state index in [9.17, 15) is 14.4 Å². The van der Waals surface area contributed by atoms with Crippen molar-refractivity contribution < 1.29 is 28.6 Å². The van der Waals surface area contributed by atoms with Gasteiger partial charge in [-0.15, -0.1) is 0 Å². The fourth-order valence-electron chi connectivity index (χ4n) is 6.42. The Balaban J connectivity index is 4.34. The van der Waals surface area contributed by atoms with Gasteiger partial charge in [-0.3, -0.25) is 14.4 Å². The second-order valence-electron chi connectivity index (χ2n) is 15.2. The van der Waals surface area contributed by atoms with Crippen LogP contribution in [0.1, 0.15) is 240 Å². The van der Waals surface area contributed by atoms with Gasteiger partial charge in [0, 0.05) is 19.3 Å². The summed E-state index contributed by atoms with van der Waals surface area (Å²) in [6.07, 6.45) is 36.5. The summed E-state index contributed by atoms with van der Waals surface area (Å²) >= 11 is 0. The third-order valence-corrected chi connectivity index (χ3v) is 10.2. The van der Waals surface area contributed by atoms with Gasteiger partial charge in [0.2, 0.25) is 0 Å². The fourth-order valence-corrected chi connectivity index (χ4v) is 6.42. The number of carbonyl (C=O) groups is 3. The van der Waals surface area contributed by atoms with Crippen LogP contribution in [0.3, 0.4) is 0 Å². The van der Waals surface area contributed by atoms with E-state index in [0.717, 1.165) is 63.7 Å². The average molecular weight is 709 g/mol. The summed E-state index contributed by atoms with van der Waals surface area (Å²) in [7, 11) is 0. The van der Waals surface area contributed by atoms with E-state index in [4.69, 9.17) is 14.2 Å². The van der Waals surface area contributed by atoms with Crippen LogP contribution in [0.25, 0.3) is 0 Å². The Morgan fingerprint density at radius 1 is 0.400 bits per heavy atom. The SMILES string of the molecule is CCCCCCCCCCCCC(=O)OC[C@@H](COC(=O)CCCCCCCCCCC(C)CC)OC(=O)CCCCCCCCCCCC. The van der Waals surface area contributed by atoms with Crippen LogP contribution in [0.2, 0.25) is 0 Å². The molecule has 0 spiro atoms. The maximum atomic E-state index is 12.6. The van der Waals surface area contributed by atoms with Crippen LogP contribution >= 0.6 is 0 Å². The van der Waals surface area contributed by atoms with Crippen LogP contribution < -0.4 is 0 Å². The minimum Gasteiger partial charge on any atom is -0.462 e. The summed E-state index contributed by atoms with van der Waals surface area (Å²) in [6.45, 7) is 8.97. The highest BCUT2D eigenvalue weighted by atomic mass is 16.6. The smallest absolute Gasteiger partial charge is 0.306 e. The molecule has 0 heterocycles. The van der Waals surface area contributed by atoms with E-state index >= 15 is 0 Å². The summed E-state index contributed by atoms with van der Waals surface area (Å²) < 4.78 is 16.7. The molecule has 0 rings (SSSR count). The summed E-state index contributed by atoms with van der Waals surface area (Å²) in [5.74, 6) is -0.0125. The molecule has 0 aliphatic rings. The Morgan fingerprint density at radius 3 is 1.04 bits per heavy atom. The maximum Gasteiger partial charge on any atom is 0.306 e. The maximum absolute atomic E-state index is 12.6. The minimum atomic E-state index is -0.758. The normalized spacial score (nSPS) is 12.5. The molecule has 0 radical (unpaired) electrons. The predicted molar refractivity (Wildman–Crippen MR) is 210 cm³/mol. The van der Waals surface area contributed by atoms with Crippen molar-refractivity contribution >= 4 is 17.9 Å². The van der Waals surface area contributed by atoms with Crippen molar-refractivity contribution in [3.05, 3.63) is 0 Å². The summed E-state index contributed by atoms with van der Waals surface area (Å²) in [5, 5.41) is 0. The number of unbranched alkanes of at least 4 members (excludes halogenated alkanes) is 25. The first-order valence-corrected chi connectivity index (χ1v) is 21.9. The molecule has 0 saturated carbocycles. The Kier molecular flexibility index (Phi) is 37.4. The molecule has 6 heteroatoms. The van der Waals surface area contributed by atoms with E-state index in [1.54, 1.807) is 0 Å². The van der Waals surface area contributed by atoms with Gasteiger partial charge in [-0.05, 0) is 25.2 Å². The molecule has 0 N–H and O–H groups in total. The molecule has 0 aromatic carbocycles. The third-order valence-electron chi connectivity index (χ3n) is 10.2. The highest BCUT2D eigenvalue weighted by molar-refractivity contribution is 5.71. The van der Waals surface area contributed by atoms with Gasteiger partial charge in [0.15, 0.2) is 6.10 Å². The lowest BCUT2D eigenvalue weighted by atomic mass is 9.99. The minimum absolute atomic E-state index is 0.0645. The Bertz CT molecular complexity index is 753. The van der Waals surface area contributed by atoms with Crippen molar-refractivity contribution in [3.63, 3.8) is 0 Å². The molecule has 50 heavy (non-hydrogen) atoms. The van der Waals surface area contributed by atoms with Gasteiger partial charge in [-0.25, -0.2) is 0 Å². The van der Waals surface area contributed by atoms with Gasteiger partial charge in [0.05, 0.1) is 0 Å². The van der Waals surface area contributed by atoms with Crippen molar-refractivity contribution in [2.75, 3.05) is 13.2 Å². The summed E-state index contributed by atoms with van der Waals surface area (Å²) in [5.41, 5.74) is 0. The van der Waals surface area contributed by atoms with Crippen molar-refractivity contribution in [2.24, 2.45) is 5.92 Å². The fraction of sp³-hybridized carbons (Fsp3) is 0.932. The number of carbonyl (C=O) groups excluding carboxylic acids is 3. The molecule has 0 fully saturated rings. The zero-order chi connectivity index (χ0) is 36.8. The van der Waals surface area contributed by atoms with Gasteiger partial charge in [-0.2, -0.15) is 0 Å². The second kappa shape index (κ2) is 38.6. The topological polar surface area (TPSA) is 78.9 Å². The molecule has 0 bridgehead atoms. The lowest BCUT2D eigenvalue weighted by molar-refractivity contribution is -0.167. The largest absolute Gasteiger partial charge is 0.462 e. The quantitative estimate of drug-likeness (QED) is 0.0359. The van der Waals surface area contributed by atoms with Gasteiger partial charge in [-0.1, -0.05) is 201 Å². The number of rotatable bonds is 39. The van der Waals surface area contributed by atoms with E-state index < -0.39 is 6.10 Å². The highest BCUT2D eigenvalue weighted by Gasteiger charge is 2.19. The van der Waals surface area contributed by atoms with Gasteiger partial charge >= 0.3 is 17.9 Å². The first-order valence-electron chi connectivity index (χ1n) is 21.9. The highest BCUT2D eigenvalue weighted by Crippen LogP contribution is 2.16. The Morgan fingerprint density at radius 2 is 0.700 bits per heavy atom. The molecule has 0 amide bonds. The Hall–Kier alpha value is -1.59. The lowest BCUT2D eigenvalue weighted by Crippen LogP contribution is -2.30. The van der Waals surface area contributed by atoms with E-state index in [-0.39, 0.29) is 31.1 Å².